The van der Waals surface area contributed by atoms with Crippen LogP contribution < -0.4 is 20.9 Å². The topological polar surface area (TPSA) is 120 Å². The van der Waals surface area contributed by atoms with Gasteiger partial charge in [0.05, 0.1) is 31.1 Å². The molecule has 0 aliphatic heterocycles. The van der Waals surface area contributed by atoms with Crippen molar-refractivity contribution in [3.05, 3.63) is 40.9 Å². The lowest BCUT2D eigenvalue weighted by molar-refractivity contribution is -0.128. The summed E-state index contributed by atoms with van der Waals surface area (Å²) in [7, 11) is 1.56. The summed E-state index contributed by atoms with van der Waals surface area (Å²) in [6.45, 7) is 10.1. The van der Waals surface area contributed by atoms with Crippen molar-refractivity contribution in [2.45, 2.75) is 47.1 Å². The van der Waals surface area contributed by atoms with Crippen LogP contribution in [-0.4, -0.2) is 58.8 Å². The van der Waals surface area contributed by atoms with E-state index in [4.69, 9.17) is 9.47 Å². The molecule has 0 radical (unpaired) electrons. The molecule has 1 amide bonds. The van der Waals surface area contributed by atoms with Crippen LogP contribution in [0.25, 0.3) is 22.3 Å². The highest BCUT2D eigenvalue weighted by atomic mass is 16.5. The average Bonchev–Trinajstić information content (AvgIpc) is 2.87. The number of pyridine rings is 2. The van der Waals surface area contributed by atoms with Crippen molar-refractivity contribution >= 4 is 22.8 Å². The fourth-order valence-corrected chi connectivity index (χ4v) is 3.46. The fraction of sp³-hybridized carbons (Fsp3) is 0.500. The molecule has 3 heterocycles. The Morgan fingerprint density at radius 3 is 2.58 bits per heavy atom. The number of rotatable bonds is 12. The predicted molar refractivity (Wildman–Crippen MR) is 140 cm³/mol. The van der Waals surface area contributed by atoms with E-state index >= 15 is 0 Å². The smallest absolute Gasteiger partial charge is 0.293 e. The first-order valence-electron chi connectivity index (χ1n) is 12.3. The molecule has 3 aromatic heterocycles. The Morgan fingerprint density at radius 2 is 1.92 bits per heavy atom. The maximum Gasteiger partial charge on any atom is 0.293 e. The molecule has 0 aliphatic rings. The van der Waals surface area contributed by atoms with Crippen LogP contribution >= 0.6 is 0 Å². The maximum absolute atomic E-state index is 13.3. The van der Waals surface area contributed by atoms with E-state index in [1.807, 2.05) is 39.8 Å². The first-order chi connectivity index (χ1) is 17.2. The predicted octanol–water partition coefficient (Wildman–Crippen LogP) is 3.25. The minimum atomic E-state index is -0.436. The van der Waals surface area contributed by atoms with E-state index in [2.05, 4.69) is 25.6 Å². The monoisotopic (exact) mass is 496 g/mol. The second kappa shape index (κ2) is 12.4. The van der Waals surface area contributed by atoms with Crippen molar-refractivity contribution in [1.82, 2.24) is 24.8 Å². The summed E-state index contributed by atoms with van der Waals surface area (Å²) in [4.78, 5) is 38.7. The highest BCUT2D eigenvalue weighted by Crippen LogP contribution is 2.22. The van der Waals surface area contributed by atoms with Crippen LogP contribution in [0.15, 0.2) is 35.4 Å². The van der Waals surface area contributed by atoms with Crippen LogP contribution in [0.2, 0.25) is 0 Å². The number of methoxy groups -OCH3 is 1. The van der Waals surface area contributed by atoms with E-state index < -0.39 is 5.41 Å². The molecule has 10 heteroatoms. The summed E-state index contributed by atoms with van der Waals surface area (Å²) < 4.78 is 12.5. The number of nitrogens with one attached hydrogen (secondary N) is 2. The lowest BCUT2D eigenvalue weighted by Crippen LogP contribution is -2.36. The lowest BCUT2D eigenvalue weighted by atomic mass is 9.96. The molecule has 2 N–H and O–H groups in total. The van der Waals surface area contributed by atoms with Crippen molar-refractivity contribution in [2.24, 2.45) is 5.41 Å². The molecular formula is C26H36N6O4. The van der Waals surface area contributed by atoms with Gasteiger partial charge in [0.25, 0.3) is 5.56 Å². The lowest BCUT2D eigenvalue weighted by Gasteiger charge is -2.17. The number of hydrogen-bond donors (Lipinski definition) is 2. The fourth-order valence-electron chi connectivity index (χ4n) is 3.46. The molecule has 0 spiro atoms. The minimum absolute atomic E-state index is 0.00490. The number of ether oxygens (including phenoxy) is 2. The van der Waals surface area contributed by atoms with Crippen LogP contribution in [0.1, 0.15) is 40.5 Å². The van der Waals surface area contributed by atoms with E-state index in [1.165, 1.54) is 0 Å². The van der Waals surface area contributed by atoms with Gasteiger partial charge in [-0.1, -0.05) is 27.7 Å². The van der Waals surface area contributed by atoms with Gasteiger partial charge in [-0.2, -0.15) is 0 Å². The Bertz CT molecular complexity index is 1220. The summed E-state index contributed by atoms with van der Waals surface area (Å²) >= 11 is 0. The number of amides is 1. The number of aromatic nitrogens is 4. The van der Waals surface area contributed by atoms with Gasteiger partial charge in [0.15, 0.2) is 5.82 Å². The average molecular weight is 497 g/mol. The third-order valence-electron chi connectivity index (χ3n) is 5.49. The van der Waals surface area contributed by atoms with Crippen LogP contribution in [0.5, 0.6) is 5.88 Å². The van der Waals surface area contributed by atoms with Crippen molar-refractivity contribution in [2.75, 3.05) is 38.7 Å². The second-order valence-corrected chi connectivity index (χ2v) is 9.46. The number of carbonyl (C=O) groups is 1. The third-order valence-corrected chi connectivity index (χ3v) is 5.49. The quantitative estimate of drug-likeness (QED) is 0.367. The van der Waals surface area contributed by atoms with Gasteiger partial charge in [-0.05, 0) is 25.0 Å². The first kappa shape index (κ1) is 27.1. The zero-order chi connectivity index (χ0) is 26.1. The van der Waals surface area contributed by atoms with Crippen LogP contribution in [0.3, 0.4) is 0 Å². The van der Waals surface area contributed by atoms with Crippen molar-refractivity contribution < 1.29 is 14.3 Å². The molecule has 3 aromatic rings. The maximum atomic E-state index is 13.3. The summed E-state index contributed by atoms with van der Waals surface area (Å²) in [5.41, 5.74) is 2.08. The minimum Gasteiger partial charge on any atom is -0.481 e. The number of hydrogen-bond acceptors (Lipinski definition) is 8. The molecule has 0 atom stereocenters. The summed E-state index contributed by atoms with van der Waals surface area (Å²) in [6.07, 6.45) is 4.90. The second-order valence-electron chi connectivity index (χ2n) is 9.46. The van der Waals surface area contributed by atoms with Gasteiger partial charge in [0.1, 0.15) is 5.52 Å². The highest BCUT2D eigenvalue weighted by molar-refractivity contribution is 5.81. The summed E-state index contributed by atoms with van der Waals surface area (Å²) in [5, 5.41) is 6.04. The first-order valence-corrected chi connectivity index (χ1v) is 12.3. The van der Waals surface area contributed by atoms with Crippen molar-refractivity contribution in [3.8, 4) is 17.1 Å². The molecule has 0 aliphatic carbocycles. The molecule has 194 valence electrons. The van der Waals surface area contributed by atoms with Gasteiger partial charge in [0.2, 0.25) is 11.8 Å². The molecule has 3 rings (SSSR count). The standard InChI is InChI=1S/C26H36N6O4/c1-6-13-36-14-12-32-21-15-19(18-8-9-22(35-5)30-16-18)29-17-20(21)31-23(24(32)33)27-10-7-11-28-25(34)26(2,3)4/h8-9,15-17H,6-7,10-14H2,1-5H3,(H,27,31)(H,28,34). The molecule has 0 aromatic carbocycles. The highest BCUT2D eigenvalue weighted by Gasteiger charge is 2.20. The van der Waals surface area contributed by atoms with Crippen molar-refractivity contribution in [3.63, 3.8) is 0 Å². The Kier molecular flexibility index (Phi) is 9.35. The van der Waals surface area contributed by atoms with Gasteiger partial charge in [-0.25, -0.2) is 9.97 Å². The van der Waals surface area contributed by atoms with Gasteiger partial charge in [-0.3, -0.25) is 14.6 Å². The number of nitrogens with zero attached hydrogens (tertiary/aromatic N) is 4. The van der Waals surface area contributed by atoms with E-state index in [-0.39, 0.29) is 17.3 Å². The van der Waals surface area contributed by atoms with Crippen molar-refractivity contribution in [1.29, 1.82) is 0 Å². The molecule has 0 unspecified atom stereocenters. The number of anilines is 1. The molecular weight excluding hydrogens is 460 g/mol. The molecule has 0 bridgehead atoms. The van der Waals surface area contributed by atoms with E-state index in [0.717, 1.165) is 12.0 Å². The molecule has 10 nitrogen and oxygen atoms in total. The van der Waals surface area contributed by atoms with Gasteiger partial charge in [0, 0.05) is 49.5 Å². The van der Waals surface area contributed by atoms with E-state index in [0.29, 0.717) is 61.9 Å². The zero-order valence-electron chi connectivity index (χ0n) is 21.8. The Morgan fingerprint density at radius 1 is 1.11 bits per heavy atom. The van der Waals surface area contributed by atoms with Crippen LogP contribution in [0, 0.1) is 5.41 Å². The van der Waals surface area contributed by atoms with E-state index in [9.17, 15) is 9.59 Å². The number of carbonyl (C=O) groups excluding carboxylic acids is 1. The summed E-state index contributed by atoms with van der Waals surface area (Å²) in [6, 6.07) is 5.48. The Labute approximate surface area is 211 Å². The van der Waals surface area contributed by atoms with Gasteiger partial charge in [-0.15, -0.1) is 0 Å². The normalized spacial score (nSPS) is 11.5. The SMILES string of the molecule is CCCOCCn1c(=O)c(NCCCNC(=O)C(C)(C)C)nc2cnc(-c3ccc(OC)nc3)cc21. The van der Waals surface area contributed by atoms with Crippen LogP contribution in [-0.2, 0) is 16.1 Å². The molecule has 0 fully saturated rings. The van der Waals surface area contributed by atoms with E-state index in [1.54, 1.807) is 30.1 Å². The summed E-state index contributed by atoms with van der Waals surface area (Å²) in [5.74, 6) is 0.760. The number of fused-ring (bicyclic) bond motifs is 1. The third kappa shape index (κ3) is 7.00. The molecule has 0 saturated carbocycles. The van der Waals surface area contributed by atoms with Crippen LogP contribution in [0.4, 0.5) is 5.82 Å². The largest absolute Gasteiger partial charge is 0.481 e. The zero-order valence-corrected chi connectivity index (χ0v) is 21.8. The Hall–Kier alpha value is -3.53. The Balaban J connectivity index is 1.83. The molecule has 0 saturated heterocycles. The van der Waals surface area contributed by atoms with Gasteiger partial charge < -0.3 is 24.7 Å². The molecule has 36 heavy (non-hydrogen) atoms. The van der Waals surface area contributed by atoms with Gasteiger partial charge >= 0.3 is 0 Å².